The first-order valence-corrected chi connectivity index (χ1v) is 11.2. The van der Waals surface area contributed by atoms with Gasteiger partial charge in [-0.15, -0.1) is 0 Å². The molecule has 0 saturated heterocycles. The number of amides is 2. The predicted octanol–water partition coefficient (Wildman–Crippen LogP) is 6.21. The normalized spacial score (nSPS) is 11.3. The van der Waals surface area contributed by atoms with Gasteiger partial charge in [-0.25, -0.2) is 9.18 Å². The van der Waals surface area contributed by atoms with E-state index < -0.39 is 6.09 Å². The molecular formula is C27H27FN4O3. The Kier molecular flexibility index (Phi) is 6.82. The van der Waals surface area contributed by atoms with E-state index in [0.29, 0.717) is 23.4 Å². The van der Waals surface area contributed by atoms with Gasteiger partial charge >= 0.3 is 6.09 Å². The highest BCUT2D eigenvalue weighted by Crippen LogP contribution is 2.30. The zero-order valence-corrected chi connectivity index (χ0v) is 19.8. The van der Waals surface area contributed by atoms with E-state index in [4.69, 9.17) is 4.74 Å². The number of ether oxygens (including phenoxy) is 1. The van der Waals surface area contributed by atoms with Gasteiger partial charge in [0, 0.05) is 35.3 Å². The molecule has 2 N–H and O–H groups in total. The number of hydrogen-bond acceptors (Lipinski definition) is 4. The number of nitrogens with zero attached hydrogens (tertiary/aromatic N) is 2. The average Bonchev–Trinajstić information content (AvgIpc) is 3.10. The molecular weight excluding hydrogens is 447 g/mol. The first-order chi connectivity index (χ1) is 16.7. The Hall–Kier alpha value is -4.20. The fourth-order valence-corrected chi connectivity index (χ4v) is 3.73. The number of halogens is 1. The molecule has 0 aliphatic heterocycles. The number of nitrogens with one attached hydrogen (secondary N) is 2. The Labute approximate surface area is 202 Å². The van der Waals surface area contributed by atoms with Crippen LogP contribution in [0.1, 0.15) is 32.8 Å². The Morgan fingerprint density at radius 1 is 1.00 bits per heavy atom. The van der Waals surface area contributed by atoms with E-state index in [1.165, 1.54) is 12.3 Å². The van der Waals surface area contributed by atoms with E-state index in [1.54, 1.807) is 59.3 Å². The summed E-state index contributed by atoms with van der Waals surface area (Å²) >= 11 is 0. The van der Waals surface area contributed by atoms with Gasteiger partial charge < -0.3 is 14.6 Å². The van der Waals surface area contributed by atoms with E-state index in [-0.39, 0.29) is 29.6 Å². The molecule has 0 unspecified atom stereocenters. The molecule has 0 aliphatic rings. The van der Waals surface area contributed by atoms with Crippen LogP contribution in [0.3, 0.4) is 0 Å². The zero-order valence-electron chi connectivity index (χ0n) is 19.8. The smallest absolute Gasteiger partial charge is 0.393 e. The molecule has 7 nitrogen and oxygen atoms in total. The monoisotopic (exact) mass is 474 g/mol. The van der Waals surface area contributed by atoms with Gasteiger partial charge in [0.05, 0.1) is 23.9 Å². The van der Waals surface area contributed by atoms with Crippen LogP contribution in [0.4, 0.5) is 20.6 Å². The van der Waals surface area contributed by atoms with Crippen LogP contribution in [0.5, 0.6) is 5.88 Å². The van der Waals surface area contributed by atoms with Crippen molar-refractivity contribution in [2.24, 2.45) is 5.41 Å². The van der Waals surface area contributed by atoms with Crippen molar-refractivity contribution in [2.45, 2.75) is 33.7 Å². The highest BCUT2D eigenvalue weighted by Gasteiger charge is 2.18. The third-order valence-electron chi connectivity index (χ3n) is 5.23. The lowest BCUT2D eigenvalue weighted by Gasteiger charge is -2.17. The highest BCUT2D eigenvalue weighted by atomic mass is 19.1. The second kappa shape index (κ2) is 9.97. The van der Waals surface area contributed by atoms with Crippen LogP contribution in [-0.4, -0.2) is 21.6 Å². The van der Waals surface area contributed by atoms with Crippen LogP contribution < -0.4 is 15.4 Å². The Morgan fingerprint density at radius 2 is 1.80 bits per heavy atom. The summed E-state index contributed by atoms with van der Waals surface area (Å²) in [5.41, 5.74) is 2.15. The number of pyridine rings is 1. The molecule has 180 valence electrons. The summed E-state index contributed by atoms with van der Waals surface area (Å²) in [5.74, 6) is -0.205. The van der Waals surface area contributed by atoms with Gasteiger partial charge in [-0.1, -0.05) is 39.0 Å². The Balaban J connectivity index is 1.65. The third-order valence-corrected chi connectivity index (χ3v) is 5.23. The lowest BCUT2D eigenvalue weighted by atomic mass is 9.92. The quantitative estimate of drug-likeness (QED) is 0.348. The summed E-state index contributed by atoms with van der Waals surface area (Å²) in [6, 6.07) is 16.9. The fourth-order valence-electron chi connectivity index (χ4n) is 3.73. The largest absolute Gasteiger partial charge is 0.418 e. The van der Waals surface area contributed by atoms with Crippen molar-refractivity contribution in [3.63, 3.8) is 0 Å². The lowest BCUT2D eigenvalue weighted by Crippen LogP contribution is -2.19. The Bertz CT molecular complexity index is 1360. The van der Waals surface area contributed by atoms with E-state index >= 15 is 0 Å². The first-order valence-electron chi connectivity index (χ1n) is 11.2. The number of benzene rings is 2. The number of carbonyl (C=O) groups excluding carboxylic acids is 2. The molecule has 2 aromatic heterocycles. The van der Waals surface area contributed by atoms with Crippen LogP contribution in [0.15, 0.2) is 73.1 Å². The third kappa shape index (κ3) is 6.23. The lowest BCUT2D eigenvalue weighted by molar-refractivity contribution is -0.117. The number of hydrogen-bond donors (Lipinski definition) is 2. The summed E-state index contributed by atoms with van der Waals surface area (Å²) in [7, 11) is 0. The van der Waals surface area contributed by atoms with E-state index in [0.717, 1.165) is 10.9 Å². The van der Waals surface area contributed by atoms with Crippen molar-refractivity contribution in [3.05, 3.63) is 84.4 Å². The maximum absolute atomic E-state index is 14.4. The second-order valence-corrected chi connectivity index (χ2v) is 9.48. The maximum atomic E-state index is 14.4. The molecule has 35 heavy (non-hydrogen) atoms. The van der Waals surface area contributed by atoms with Crippen LogP contribution >= 0.6 is 0 Å². The molecule has 0 bridgehead atoms. The SMILES string of the molecule is CC(C)(C)CC(=O)Nc1ccc2c(c1)cc(OC(=O)Nc1cccnc1)n2Cc1ccccc1F. The summed E-state index contributed by atoms with van der Waals surface area (Å²) in [4.78, 5) is 28.9. The van der Waals surface area contributed by atoms with Gasteiger partial charge in [0.15, 0.2) is 0 Å². The molecule has 2 aromatic carbocycles. The summed E-state index contributed by atoms with van der Waals surface area (Å²) in [6.45, 7) is 6.15. The summed E-state index contributed by atoms with van der Waals surface area (Å²) in [5, 5.41) is 6.28. The highest BCUT2D eigenvalue weighted by molar-refractivity contribution is 5.95. The molecule has 2 heterocycles. The van der Waals surface area contributed by atoms with Gasteiger partial charge in [-0.05, 0) is 41.8 Å². The molecule has 2 amide bonds. The van der Waals surface area contributed by atoms with Crippen LogP contribution in [0.25, 0.3) is 10.9 Å². The summed E-state index contributed by atoms with van der Waals surface area (Å²) in [6.07, 6.45) is 2.78. The average molecular weight is 475 g/mol. The van der Waals surface area contributed by atoms with Gasteiger partial charge in [-0.3, -0.25) is 15.1 Å². The molecule has 0 spiro atoms. The van der Waals surface area contributed by atoms with Crippen LogP contribution in [0, 0.1) is 11.2 Å². The van der Waals surface area contributed by atoms with Crippen molar-refractivity contribution in [1.82, 2.24) is 9.55 Å². The number of carbonyl (C=O) groups is 2. The van der Waals surface area contributed by atoms with Gasteiger partial charge in [0.25, 0.3) is 0 Å². The van der Waals surface area contributed by atoms with E-state index in [9.17, 15) is 14.0 Å². The number of anilines is 2. The summed E-state index contributed by atoms with van der Waals surface area (Å²) < 4.78 is 21.7. The predicted molar refractivity (Wildman–Crippen MR) is 134 cm³/mol. The molecule has 0 radical (unpaired) electrons. The van der Waals surface area contributed by atoms with Crippen molar-refractivity contribution < 1.29 is 18.7 Å². The minimum atomic E-state index is -0.700. The fraction of sp³-hybridized carbons (Fsp3) is 0.222. The molecule has 0 atom stereocenters. The van der Waals surface area contributed by atoms with E-state index in [1.807, 2.05) is 26.8 Å². The molecule has 4 aromatic rings. The number of fused-ring (bicyclic) bond motifs is 1. The van der Waals surface area contributed by atoms with Crippen molar-refractivity contribution >= 4 is 34.3 Å². The molecule has 8 heteroatoms. The zero-order chi connectivity index (χ0) is 25.0. The standard InChI is InChI=1S/C27H27FN4O3/c1-27(2,3)15-24(33)30-20-10-11-23-19(13-20)14-25(32(23)17-18-7-4-5-9-22(18)28)35-26(34)31-21-8-6-12-29-16-21/h4-14,16H,15,17H2,1-3H3,(H,30,33)(H,31,34). The van der Waals surface area contributed by atoms with Crippen molar-refractivity contribution in [1.29, 1.82) is 0 Å². The van der Waals surface area contributed by atoms with E-state index in [2.05, 4.69) is 15.6 Å². The van der Waals surface area contributed by atoms with Crippen molar-refractivity contribution in [2.75, 3.05) is 10.6 Å². The van der Waals surface area contributed by atoms with Gasteiger partial charge in [0.1, 0.15) is 5.82 Å². The maximum Gasteiger partial charge on any atom is 0.418 e. The number of rotatable bonds is 6. The molecule has 0 saturated carbocycles. The second-order valence-electron chi connectivity index (χ2n) is 9.48. The molecule has 0 fully saturated rings. The Morgan fingerprint density at radius 3 is 2.51 bits per heavy atom. The molecule has 4 rings (SSSR count). The number of aromatic nitrogens is 2. The van der Waals surface area contributed by atoms with Gasteiger partial charge in [-0.2, -0.15) is 0 Å². The minimum absolute atomic E-state index is 0.0880. The minimum Gasteiger partial charge on any atom is -0.393 e. The first kappa shape index (κ1) is 23.9. The van der Waals surface area contributed by atoms with Crippen LogP contribution in [-0.2, 0) is 11.3 Å². The molecule has 0 aliphatic carbocycles. The van der Waals surface area contributed by atoms with Crippen molar-refractivity contribution in [3.8, 4) is 5.88 Å². The van der Waals surface area contributed by atoms with Gasteiger partial charge in [0.2, 0.25) is 11.8 Å². The topological polar surface area (TPSA) is 85.2 Å². The van der Waals surface area contributed by atoms with Crippen LogP contribution in [0.2, 0.25) is 0 Å².